The van der Waals surface area contributed by atoms with E-state index in [-0.39, 0.29) is 52.7 Å². The van der Waals surface area contributed by atoms with E-state index in [9.17, 15) is 15.0 Å². The quantitative estimate of drug-likeness (QED) is 0.590. The van der Waals surface area contributed by atoms with Gasteiger partial charge in [0.25, 0.3) is 0 Å². The topological polar surface area (TPSA) is 66.8 Å². The molecule has 0 aromatic heterocycles. The zero-order chi connectivity index (χ0) is 19.4. The van der Waals surface area contributed by atoms with Gasteiger partial charge in [-0.15, -0.1) is 0 Å². The van der Waals surface area contributed by atoms with Crippen LogP contribution in [0.4, 0.5) is 0 Å². The van der Waals surface area contributed by atoms with Gasteiger partial charge >= 0.3 is 5.97 Å². The van der Waals surface area contributed by atoms with Crippen LogP contribution in [0.2, 0.25) is 0 Å². The number of benzene rings is 1. The summed E-state index contributed by atoms with van der Waals surface area (Å²) in [5.74, 6) is 0.450. The molecule has 1 aromatic rings. The van der Waals surface area contributed by atoms with E-state index in [4.69, 9.17) is 4.74 Å². The second-order valence-corrected chi connectivity index (χ2v) is 9.42. The van der Waals surface area contributed by atoms with Crippen LogP contribution in [-0.2, 0) is 14.9 Å². The van der Waals surface area contributed by atoms with Gasteiger partial charge in [-0.25, -0.2) is 0 Å². The average molecular weight is 360 g/mol. The molecule has 3 rings (SSSR count). The fourth-order valence-electron chi connectivity index (χ4n) is 6.01. The maximum absolute atomic E-state index is 11.5. The Hall–Kier alpha value is -1.71. The molecule has 1 saturated carbocycles. The molecule has 3 atom stereocenters. The molecule has 0 amide bonds. The Morgan fingerprint density at radius 3 is 2.50 bits per heavy atom. The number of phenols is 2. The molecule has 2 aliphatic carbocycles. The molecule has 4 heteroatoms. The molecule has 1 fully saturated rings. The number of rotatable bonds is 3. The number of carbonyl (C=O) groups is 1. The summed E-state index contributed by atoms with van der Waals surface area (Å²) in [6, 6.07) is 1.73. The van der Waals surface area contributed by atoms with Gasteiger partial charge in [0.1, 0.15) is 11.5 Å². The Labute approximate surface area is 156 Å². The van der Waals surface area contributed by atoms with Gasteiger partial charge in [0.05, 0.1) is 6.61 Å². The highest BCUT2D eigenvalue weighted by Gasteiger charge is 2.59. The maximum Gasteiger partial charge on any atom is 0.302 e. The number of fused-ring (bicyclic) bond motifs is 3. The van der Waals surface area contributed by atoms with Crippen LogP contribution < -0.4 is 0 Å². The van der Waals surface area contributed by atoms with E-state index in [1.807, 2.05) is 13.8 Å². The maximum atomic E-state index is 11.5. The van der Waals surface area contributed by atoms with Crippen molar-refractivity contribution in [2.75, 3.05) is 6.61 Å². The van der Waals surface area contributed by atoms with Gasteiger partial charge in [0.15, 0.2) is 0 Å². The molecule has 0 unspecified atom stereocenters. The van der Waals surface area contributed by atoms with Crippen LogP contribution >= 0.6 is 0 Å². The van der Waals surface area contributed by atoms with Crippen LogP contribution in [0.1, 0.15) is 89.3 Å². The zero-order valence-corrected chi connectivity index (χ0v) is 16.8. The molecule has 144 valence electrons. The van der Waals surface area contributed by atoms with E-state index in [1.165, 1.54) is 6.92 Å². The Morgan fingerprint density at radius 2 is 1.92 bits per heavy atom. The Bertz CT molecular complexity index is 734. The normalized spacial score (nSPS) is 29.3. The van der Waals surface area contributed by atoms with E-state index in [2.05, 4.69) is 20.8 Å². The van der Waals surface area contributed by atoms with Gasteiger partial charge in [-0.2, -0.15) is 0 Å². The molecule has 2 N–H and O–H groups in total. The van der Waals surface area contributed by atoms with Crippen LogP contribution in [0.5, 0.6) is 11.5 Å². The van der Waals surface area contributed by atoms with Crippen molar-refractivity contribution < 1.29 is 19.7 Å². The number of aromatic hydroxyl groups is 2. The third kappa shape index (κ3) is 2.69. The SMILES string of the molecule is CC(=O)OC[C@H]1c2c(O)c(C(C)C)cc(O)c2[C@@]2(C)CCCC(C)(C)[C@H]12. The minimum atomic E-state index is -0.308. The second kappa shape index (κ2) is 6.17. The van der Waals surface area contributed by atoms with E-state index in [0.717, 1.165) is 36.0 Å². The molecule has 0 bridgehead atoms. The molecule has 4 nitrogen and oxygen atoms in total. The largest absolute Gasteiger partial charge is 0.508 e. The summed E-state index contributed by atoms with van der Waals surface area (Å²) in [5, 5.41) is 22.1. The van der Waals surface area contributed by atoms with Gasteiger partial charge < -0.3 is 14.9 Å². The number of ether oxygens (including phenoxy) is 1. The van der Waals surface area contributed by atoms with E-state index >= 15 is 0 Å². The lowest BCUT2D eigenvalue weighted by atomic mass is 9.55. The van der Waals surface area contributed by atoms with Crippen LogP contribution in [0, 0.1) is 11.3 Å². The molecule has 0 saturated heterocycles. The Balaban J connectivity index is 2.25. The summed E-state index contributed by atoms with van der Waals surface area (Å²) in [6.07, 6.45) is 3.15. The van der Waals surface area contributed by atoms with E-state index < -0.39 is 0 Å². The number of hydrogen-bond acceptors (Lipinski definition) is 4. The summed E-state index contributed by atoms with van der Waals surface area (Å²) in [6.45, 7) is 12.4. The monoisotopic (exact) mass is 360 g/mol. The average Bonchev–Trinajstić information content (AvgIpc) is 2.79. The van der Waals surface area contributed by atoms with Crippen LogP contribution in [0.3, 0.4) is 0 Å². The fraction of sp³-hybridized carbons (Fsp3) is 0.682. The highest BCUT2D eigenvalue weighted by atomic mass is 16.5. The van der Waals surface area contributed by atoms with Crippen LogP contribution in [-0.4, -0.2) is 22.8 Å². The van der Waals surface area contributed by atoms with E-state index in [0.29, 0.717) is 0 Å². The minimum absolute atomic E-state index is 0.0354. The van der Waals surface area contributed by atoms with Gasteiger partial charge in [-0.1, -0.05) is 41.0 Å². The number of phenolic OH excluding ortho intramolecular Hbond substituents is 2. The lowest BCUT2D eigenvalue weighted by Crippen LogP contribution is -2.44. The first-order chi connectivity index (χ1) is 12.0. The molecule has 26 heavy (non-hydrogen) atoms. The summed E-state index contributed by atoms with van der Waals surface area (Å²) in [7, 11) is 0. The van der Waals surface area contributed by atoms with Crippen molar-refractivity contribution in [1.29, 1.82) is 0 Å². The summed E-state index contributed by atoms with van der Waals surface area (Å²) in [4.78, 5) is 11.5. The first-order valence-electron chi connectivity index (χ1n) is 9.73. The molecular weight excluding hydrogens is 328 g/mol. The molecule has 1 aromatic carbocycles. The summed E-state index contributed by atoms with van der Waals surface area (Å²) >= 11 is 0. The first-order valence-corrected chi connectivity index (χ1v) is 9.73. The van der Waals surface area contributed by atoms with Crippen molar-refractivity contribution in [3.63, 3.8) is 0 Å². The number of carbonyl (C=O) groups excluding carboxylic acids is 1. The van der Waals surface area contributed by atoms with Crippen molar-refractivity contribution in [3.8, 4) is 11.5 Å². The lowest BCUT2D eigenvalue weighted by molar-refractivity contribution is -0.142. The highest BCUT2D eigenvalue weighted by molar-refractivity contribution is 5.66. The molecule has 0 aliphatic heterocycles. The summed E-state index contributed by atoms with van der Waals surface area (Å²) < 4.78 is 5.43. The number of hydrogen-bond donors (Lipinski definition) is 2. The van der Waals surface area contributed by atoms with Crippen molar-refractivity contribution in [2.24, 2.45) is 11.3 Å². The predicted molar refractivity (Wildman–Crippen MR) is 102 cm³/mol. The van der Waals surface area contributed by atoms with Gasteiger partial charge in [0.2, 0.25) is 0 Å². The first kappa shape index (κ1) is 19.1. The minimum Gasteiger partial charge on any atom is -0.508 e. The Kier molecular flexibility index (Phi) is 4.53. The van der Waals surface area contributed by atoms with Gasteiger partial charge in [-0.05, 0) is 36.2 Å². The molecular formula is C22H32O4. The zero-order valence-electron chi connectivity index (χ0n) is 16.8. The second-order valence-electron chi connectivity index (χ2n) is 9.42. The third-order valence-electron chi connectivity index (χ3n) is 6.82. The molecule has 0 radical (unpaired) electrons. The molecule has 2 aliphatic rings. The van der Waals surface area contributed by atoms with Crippen molar-refractivity contribution in [1.82, 2.24) is 0 Å². The van der Waals surface area contributed by atoms with Crippen molar-refractivity contribution in [2.45, 2.75) is 78.1 Å². The smallest absolute Gasteiger partial charge is 0.302 e. The van der Waals surface area contributed by atoms with Gasteiger partial charge in [-0.3, -0.25) is 4.79 Å². The fourth-order valence-corrected chi connectivity index (χ4v) is 6.01. The summed E-state index contributed by atoms with van der Waals surface area (Å²) in [5.41, 5.74) is 2.24. The predicted octanol–water partition coefficient (Wildman–Crippen LogP) is 4.97. The lowest BCUT2D eigenvalue weighted by Gasteiger charge is -2.49. The highest BCUT2D eigenvalue weighted by Crippen LogP contribution is 2.66. The Morgan fingerprint density at radius 1 is 1.27 bits per heavy atom. The van der Waals surface area contributed by atoms with Crippen molar-refractivity contribution >= 4 is 5.97 Å². The van der Waals surface area contributed by atoms with Crippen molar-refractivity contribution in [3.05, 3.63) is 22.8 Å². The molecule has 0 spiro atoms. The van der Waals surface area contributed by atoms with Gasteiger partial charge in [0, 0.05) is 34.9 Å². The standard InChI is InChI=1S/C22H32O4/c1-12(2)14-10-16(24)18-17(19(14)25)15(11-26-13(3)23)20-21(4,5)8-7-9-22(18,20)6/h10,12,15,20,24-25H,7-9,11H2,1-6H3/t15-,20-,22+/m0/s1. The van der Waals surface area contributed by atoms with E-state index in [1.54, 1.807) is 6.07 Å². The molecule has 0 heterocycles. The third-order valence-corrected chi connectivity index (χ3v) is 6.82. The van der Waals surface area contributed by atoms with Crippen LogP contribution in [0.25, 0.3) is 0 Å². The number of esters is 1. The van der Waals surface area contributed by atoms with Crippen LogP contribution in [0.15, 0.2) is 6.07 Å².